The molecule has 0 bridgehead atoms. The van der Waals surface area contributed by atoms with Crippen LogP contribution in [0.5, 0.6) is 0 Å². The topological polar surface area (TPSA) is 75.6 Å². The van der Waals surface area contributed by atoms with Crippen LogP contribution in [-0.2, 0) is 14.3 Å². The molecule has 0 aliphatic rings. The number of hydrogen-bond donors (Lipinski definition) is 2. The number of aliphatic carboxylic acids is 1. The molecule has 0 aromatic heterocycles. The van der Waals surface area contributed by atoms with Gasteiger partial charge in [0.2, 0.25) is 0 Å². The normalized spacial score (nSPS) is 11.6. The molecule has 5 nitrogen and oxygen atoms in total. The Labute approximate surface area is 99.4 Å². The van der Waals surface area contributed by atoms with Crippen molar-refractivity contribution in [2.24, 2.45) is 0 Å². The minimum Gasteiger partial charge on any atom is -0.480 e. The van der Waals surface area contributed by atoms with Crippen LogP contribution in [0.2, 0.25) is 0 Å². The molecule has 1 aromatic carbocycles. The second-order valence-electron chi connectivity index (χ2n) is 3.52. The van der Waals surface area contributed by atoms with Crippen molar-refractivity contribution in [3.63, 3.8) is 0 Å². The number of methoxy groups -OCH3 is 1. The van der Waals surface area contributed by atoms with E-state index in [-0.39, 0.29) is 12.8 Å². The maximum atomic E-state index is 11.0. The van der Waals surface area contributed by atoms with E-state index in [9.17, 15) is 9.59 Å². The molecule has 0 heterocycles. The Kier molecular flexibility index (Phi) is 5.00. The van der Waals surface area contributed by atoms with Crippen LogP contribution in [0.3, 0.4) is 0 Å². The second-order valence-corrected chi connectivity index (χ2v) is 3.52. The van der Waals surface area contributed by atoms with Crippen molar-refractivity contribution in [1.82, 2.24) is 0 Å². The lowest BCUT2D eigenvalue weighted by atomic mass is 10.1. The van der Waals surface area contributed by atoms with E-state index in [0.29, 0.717) is 5.69 Å². The summed E-state index contributed by atoms with van der Waals surface area (Å²) in [5.74, 6) is -1.40. The number of carboxylic acid groups (broad SMARTS) is 1. The standard InChI is InChI=1S/C12H15NO4/c1-17-11(14)8-7-10(12(15)16)13-9-5-3-2-4-6-9/h2-6,10,13H,7-8H2,1H3,(H,15,16). The highest BCUT2D eigenvalue weighted by molar-refractivity contribution is 5.78. The van der Waals surface area contributed by atoms with E-state index in [1.807, 2.05) is 18.2 Å². The van der Waals surface area contributed by atoms with Gasteiger partial charge in [-0.25, -0.2) is 4.79 Å². The van der Waals surface area contributed by atoms with Gasteiger partial charge in [-0.2, -0.15) is 0 Å². The fraction of sp³-hybridized carbons (Fsp3) is 0.333. The molecule has 17 heavy (non-hydrogen) atoms. The third kappa shape index (κ3) is 4.55. The van der Waals surface area contributed by atoms with Gasteiger partial charge in [0, 0.05) is 12.1 Å². The molecular weight excluding hydrogens is 222 g/mol. The molecule has 0 saturated heterocycles. The first-order valence-electron chi connectivity index (χ1n) is 5.24. The predicted molar refractivity (Wildman–Crippen MR) is 62.7 cm³/mol. The van der Waals surface area contributed by atoms with Gasteiger partial charge >= 0.3 is 11.9 Å². The van der Waals surface area contributed by atoms with Gasteiger partial charge in [0.15, 0.2) is 0 Å². The molecule has 2 N–H and O–H groups in total. The van der Waals surface area contributed by atoms with E-state index >= 15 is 0 Å². The molecule has 0 amide bonds. The minimum atomic E-state index is -0.988. The van der Waals surface area contributed by atoms with Crippen LogP contribution in [0.25, 0.3) is 0 Å². The Morgan fingerprint density at radius 2 is 2.00 bits per heavy atom. The monoisotopic (exact) mass is 237 g/mol. The molecule has 5 heteroatoms. The van der Waals surface area contributed by atoms with E-state index < -0.39 is 18.0 Å². The zero-order chi connectivity index (χ0) is 12.7. The minimum absolute atomic E-state index is 0.0767. The number of esters is 1. The molecule has 92 valence electrons. The number of para-hydroxylation sites is 1. The van der Waals surface area contributed by atoms with E-state index in [2.05, 4.69) is 10.1 Å². The SMILES string of the molecule is COC(=O)CCC(Nc1ccccc1)C(=O)O. The number of rotatable bonds is 6. The van der Waals surface area contributed by atoms with Crippen LogP contribution in [0.1, 0.15) is 12.8 Å². The summed E-state index contributed by atoms with van der Waals surface area (Å²) in [6.45, 7) is 0. The van der Waals surface area contributed by atoms with E-state index in [0.717, 1.165) is 0 Å². The van der Waals surface area contributed by atoms with E-state index in [4.69, 9.17) is 5.11 Å². The zero-order valence-corrected chi connectivity index (χ0v) is 9.55. The summed E-state index contributed by atoms with van der Waals surface area (Å²) < 4.78 is 4.47. The summed E-state index contributed by atoms with van der Waals surface area (Å²) in [5, 5.41) is 11.9. The van der Waals surface area contributed by atoms with Crippen molar-refractivity contribution < 1.29 is 19.4 Å². The molecule has 1 aromatic rings. The molecule has 1 rings (SSSR count). The lowest BCUT2D eigenvalue weighted by molar-refractivity contribution is -0.141. The van der Waals surface area contributed by atoms with Gasteiger partial charge in [-0.15, -0.1) is 0 Å². The number of anilines is 1. The first-order valence-corrected chi connectivity index (χ1v) is 5.24. The first kappa shape index (κ1) is 13.0. The molecular formula is C12H15NO4. The maximum absolute atomic E-state index is 11.0. The molecule has 0 aliphatic heterocycles. The Hall–Kier alpha value is -2.04. The fourth-order valence-electron chi connectivity index (χ4n) is 1.36. The predicted octanol–water partition coefficient (Wildman–Crippen LogP) is 1.50. The van der Waals surface area contributed by atoms with Crippen molar-refractivity contribution in [3.05, 3.63) is 30.3 Å². The van der Waals surface area contributed by atoms with Gasteiger partial charge in [-0.3, -0.25) is 4.79 Å². The van der Waals surface area contributed by atoms with Gasteiger partial charge in [0.25, 0.3) is 0 Å². The van der Waals surface area contributed by atoms with E-state index in [1.165, 1.54) is 7.11 Å². The van der Waals surface area contributed by atoms with Gasteiger partial charge in [0.1, 0.15) is 6.04 Å². The lowest BCUT2D eigenvalue weighted by Crippen LogP contribution is -2.30. The summed E-state index contributed by atoms with van der Waals surface area (Å²) in [4.78, 5) is 21.9. The van der Waals surface area contributed by atoms with Crippen molar-refractivity contribution in [1.29, 1.82) is 0 Å². The molecule has 0 aliphatic carbocycles. The van der Waals surface area contributed by atoms with Crippen LogP contribution in [-0.4, -0.2) is 30.2 Å². The average Bonchev–Trinajstić information content (AvgIpc) is 2.34. The Morgan fingerprint density at radius 3 is 2.53 bits per heavy atom. The summed E-state index contributed by atoms with van der Waals surface area (Å²) in [6, 6.07) is 8.21. The Morgan fingerprint density at radius 1 is 1.35 bits per heavy atom. The fourth-order valence-corrected chi connectivity index (χ4v) is 1.36. The van der Waals surface area contributed by atoms with Gasteiger partial charge < -0.3 is 15.2 Å². The van der Waals surface area contributed by atoms with Gasteiger partial charge in [-0.05, 0) is 18.6 Å². The highest BCUT2D eigenvalue weighted by Gasteiger charge is 2.18. The molecule has 0 radical (unpaired) electrons. The van der Waals surface area contributed by atoms with Crippen molar-refractivity contribution in [2.45, 2.75) is 18.9 Å². The van der Waals surface area contributed by atoms with Crippen LogP contribution >= 0.6 is 0 Å². The summed E-state index contributed by atoms with van der Waals surface area (Å²) >= 11 is 0. The van der Waals surface area contributed by atoms with Crippen LogP contribution in [0, 0.1) is 0 Å². The van der Waals surface area contributed by atoms with Gasteiger partial charge in [-0.1, -0.05) is 18.2 Å². The Bertz CT molecular complexity index is 377. The van der Waals surface area contributed by atoms with Crippen molar-refractivity contribution in [2.75, 3.05) is 12.4 Å². The largest absolute Gasteiger partial charge is 0.480 e. The number of carbonyl (C=O) groups excluding carboxylic acids is 1. The van der Waals surface area contributed by atoms with Crippen LogP contribution in [0.4, 0.5) is 5.69 Å². The molecule has 1 atom stereocenters. The molecule has 0 fully saturated rings. The zero-order valence-electron chi connectivity index (χ0n) is 9.55. The molecule has 1 unspecified atom stereocenters. The lowest BCUT2D eigenvalue weighted by Gasteiger charge is -2.14. The molecule has 0 saturated carbocycles. The highest BCUT2D eigenvalue weighted by Crippen LogP contribution is 2.10. The average molecular weight is 237 g/mol. The summed E-state index contributed by atoms with van der Waals surface area (Å²) in [5.41, 5.74) is 0.713. The third-order valence-electron chi connectivity index (χ3n) is 2.28. The maximum Gasteiger partial charge on any atom is 0.326 e. The Balaban J connectivity index is 2.55. The number of ether oxygens (including phenoxy) is 1. The summed E-state index contributed by atoms with van der Waals surface area (Å²) in [7, 11) is 1.28. The number of carboxylic acids is 1. The number of carbonyl (C=O) groups is 2. The van der Waals surface area contributed by atoms with Gasteiger partial charge in [0.05, 0.1) is 7.11 Å². The smallest absolute Gasteiger partial charge is 0.326 e. The first-order chi connectivity index (χ1) is 8.13. The van der Waals surface area contributed by atoms with Crippen LogP contribution < -0.4 is 5.32 Å². The number of benzene rings is 1. The third-order valence-corrected chi connectivity index (χ3v) is 2.28. The highest BCUT2D eigenvalue weighted by atomic mass is 16.5. The van der Waals surface area contributed by atoms with Crippen molar-refractivity contribution >= 4 is 17.6 Å². The quantitative estimate of drug-likeness (QED) is 0.733. The van der Waals surface area contributed by atoms with Crippen molar-refractivity contribution in [3.8, 4) is 0 Å². The summed E-state index contributed by atoms with van der Waals surface area (Å²) in [6.07, 6.45) is 0.268. The number of hydrogen-bond acceptors (Lipinski definition) is 4. The molecule has 0 spiro atoms. The van der Waals surface area contributed by atoms with E-state index in [1.54, 1.807) is 12.1 Å². The number of nitrogens with one attached hydrogen (secondary N) is 1. The van der Waals surface area contributed by atoms with Crippen LogP contribution in [0.15, 0.2) is 30.3 Å². The second kappa shape index (κ2) is 6.52.